The van der Waals surface area contributed by atoms with Crippen molar-refractivity contribution in [3.63, 3.8) is 0 Å². The van der Waals surface area contributed by atoms with E-state index >= 15 is 0 Å². The number of rotatable bonds is 7. The number of esters is 2. The van der Waals surface area contributed by atoms with Crippen LogP contribution in [0.25, 0.3) is 0 Å². The molecule has 4 rings (SSSR count). The first-order valence-electron chi connectivity index (χ1n) is 11.7. The molecular weight excluding hydrogens is 490 g/mol. The molecule has 196 valence electrons. The van der Waals surface area contributed by atoms with Crippen LogP contribution in [0.1, 0.15) is 58.5 Å². The van der Waals surface area contributed by atoms with E-state index in [-0.39, 0.29) is 37.4 Å². The summed E-state index contributed by atoms with van der Waals surface area (Å²) in [6, 6.07) is 7.64. The van der Waals surface area contributed by atoms with E-state index in [1.54, 1.807) is 13.8 Å². The maximum atomic E-state index is 13.4. The average Bonchev–Trinajstić information content (AvgIpc) is 3.27. The van der Waals surface area contributed by atoms with Crippen LogP contribution in [0.2, 0.25) is 0 Å². The minimum absolute atomic E-state index is 0.0590. The fourth-order valence-corrected chi connectivity index (χ4v) is 4.63. The summed E-state index contributed by atoms with van der Waals surface area (Å²) in [5, 5.41) is 8.60. The second-order valence-electron chi connectivity index (χ2n) is 8.76. The van der Waals surface area contributed by atoms with Gasteiger partial charge in [0.2, 0.25) is 0 Å². The Morgan fingerprint density at radius 2 is 1.54 bits per heavy atom. The van der Waals surface area contributed by atoms with Crippen molar-refractivity contribution in [3.05, 3.63) is 70.3 Å². The summed E-state index contributed by atoms with van der Waals surface area (Å²) in [4.78, 5) is 59.0. The zero-order chi connectivity index (χ0) is 27.3. The van der Waals surface area contributed by atoms with Gasteiger partial charge in [0.25, 0.3) is 0 Å². The van der Waals surface area contributed by atoms with E-state index in [0.29, 0.717) is 23.1 Å². The van der Waals surface area contributed by atoms with Crippen LogP contribution < -0.4 is 0 Å². The number of carbonyl (C=O) groups is 5. The van der Waals surface area contributed by atoms with Gasteiger partial charge in [-0.3, -0.25) is 24.0 Å². The van der Waals surface area contributed by atoms with Crippen molar-refractivity contribution in [2.45, 2.75) is 39.5 Å². The van der Waals surface area contributed by atoms with Crippen molar-refractivity contribution >= 4 is 29.5 Å². The SMILES string of the molecule is CCOC(=O)CC1(C(=O)OCC)Cc2cc(F)ccc2C1=O.O=C(O)CC1Cc2cc(F)ccc2C1=O. The molecule has 0 heterocycles. The third-order valence-electron chi connectivity index (χ3n) is 6.25. The fourth-order valence-electron chi connectivity index (χ4n) is 4.63. The van der Waals surface area contributed by atoms with Crippen LogP contribution in [0.15, 0.2) is 36.4 Å². The van der Waals surface area contributed by atoms with Crippen LogP contribution in [0, 0.1) is 23.0 Å². The lowest BCUT2D eigenvalue weighted by Gasteiger charge is -2.23. The number of benzene rings is 2. The second kappa shape index (κ2) is 11.4. The van der Waals surface area contributed by atoms with Gasteiger partial charge >= 0.3 is 17.9 Å². The van der Waals surface area contributed by atoms with Gasteiger partial charge in [-0.05, 0) is 74.2 Å². The van der Waals surface area contributed by atoms with Crippen molar-refractivity contribution in [1.82, 2.24) is 0 Å². The van der Waals surface area contributed by atoms with E-state index in [1.807, 2.05) is 0 Å². The molecular formula is C27H26F2O8. The molecule has 1 N–H and O–H groups in total. The molecule has 8 nitrogen and oxygen atoms in total. The van der Waals surface area contributed by atoms with Crippen LogP contribution in [0.4, 0.5) is 8.78 Å². The lowest BCUT2D eigenvalue weighted by Crippen LogP contribution is -2.41. The Balaban J connectivity index is 0.000000220. The molecule has 2 aliphatic carbocycles. The lowest BCUT2D eigenvalue weighted by atomic mass is 9.80. The van der Waals surface area contributed by atoms with Gasteiger partial charge < -0.3 is 14.6 Å². The predicted octanol–water partition coefficient (Wildman–Crippen LogP) is 3.72. The number of carboxylic acid groups (broad SMARTS) is 1. The number of ketones is 2. The standard InChI is InChI=1S/C16H17FO5.C11H9FO3/c1-3-21-13(18)9-16(15(20)22-4-2)8-10-7-11(17)5-6-12(10)14(16)19;12-8-1-2-9-6(4-8)3-7(11(9)15)5-10(13)14/h5-7H,3-4,8-9H2,1-2H3;1-2,4,7H,3,5H2,(H,13,14). The number of fused-ring (bicyclic) bond motifs is 2. The van der Waals surface area contributed by atoms with E-state index in [4.69, 9.17) is 14.6 Å². The quantitative estimate of drug-likeness (QED) is 0.436. The zero-order valence-corrected chi connectivity index (χ0v) is 20.3. The number of aliphatic carboxylic acids is 1. The highest BCUT2D eigenvalue weighted by atomic mass is 19.1. The number of halogens is 2. The van der Waals surface area contributed by atoms with Gasteiger partial charge in [0.1, 0.15) is 17.0 Å². The van der Waals surface area contributed by atoms with Gasteiger partial charge in [0, 0.05) is 17.0 Å². The molecule has 2 aliphatic rings. The number of hydrogen-bond donors (Lipinski definition) is 1. The molecule has 2 atom stereocenters. The van der Waals surface area contributed by atoms with Crippen molar-refractivity contribution in [2.24, 2.45) is 11.3 Å². The highest BCUT2D eigenvalue weighted by Gasteiger charge is 2.54. The minimum Gasteiger partial charge on any atom is -0.481 e. The summed E-state index contributed by atoms with van der Waals surface area (Å²) >= 11 is 0. The molecule has 0 radical (unpaired) electrons. The zero-order valence-electron chi connectivity index (χ0n) is 20.3. The summed E-state index contributed by atoms with van der Waals surface area (Å²) in [6.45, 7) is 3.48. The maximum Gasteiger partial charge on any atom is 0.320 e. The van der Waals surface area contributed by atoms with E-state index < -0.39 is 53.1 Å². The summed E-state index contributed by atoms with van der Waals surface area (Å²) in [6.07, 6.45) is -0.321. The predicted molar refractivity (Wildman–Crippen MR) is 125 cm³/mol. The van der Waals surface area contributed by atoms with Gasteiger partial charge in [0.15, 0.2) is 11.6 Å². The molecule has 0 bridgehead atoms. The number of carbonyl (C=O) groups excluding carboxylic acids is 4. The number of ether oxygens (including phenoxy) is 2. The molecule has 0 amide bonds. The molecule has 0 fully saturated rings. The van der Waals surface area contributed by atoms with Gasteiger partial charge in [-0.2, -0.15) is 0 Å². The highest BCUT2D eigenvalue weighted by Crippen LogP contribution is 2.41. The first kappa shape index (κ1) is 27.6. The van der Waals surface area contributed by atoms with Crippen LogP contribution in [0.5, 0.6) is 0 Å². The van der Waals surface area contributed by atoms with E-state index in [2.05, 4.69) is 0 Å². The van der Waals surface area contributed by atoms with Crippen molar-refractivity contribution in [3.8, 4) is 0 Å². The molecule has 0 aliphatic heterocycles. The first-order chi connectivity index (χ1) is 17.5. The molecule has 2 unspecified atom stereocenters. The van der Waals surface area contributed by atoms with E-state index in [1.165, 1.54) is 30.3 Å². The van der Waals surface area contributed by atoms with E-state index in [0.717, 1.165) is 6.07 Å². The van der Waals surface area contributed by atoms with Crippen molar-refractivity contribution < 1.29 is 47.3 Å². The largest absolute Gasteiger partial charge is 0.481 e. The number of Topliss-reactive ketones (excluding diaryl/α,β-unsaturated/α-hetero) is 2. The molecule has 0 saturated carbocycles. The smallest absolute Gasteiger partial charge is 0.320 e. The molecule has 2 aromatic rings. The Kier molecular flexibility index (Phi) is 8.52. The average molecular weight is 516 g/mol. The van der Waals surface area contributed by atoms with Crippen LogP contribution in [0.3, 0.4) is 0 Å². The second-order valence-corrected chi connectivity index (χ2v) is 8.76. The molecule has 37 heavy (non-hydrogen) atoms. The van der Waals surface area contributed by atoms with Gasteiger partial charge in [-0.25, -0.2) is 8.78 Å². The Morgan fingerprint density at radius 3 is 2.14 bits per heavy atom. The fraction of sp³-hybridized carbons (Fsp3) is 0.370. The van der Waals surface area contributed by atoms with E-state index in [9.17, 15) is 32.8 Å². The van der Waals surface area contributed by atoms with Crippen molar-refractivity contribution in [2.75, 3.05) is 13.2 Å². The topological polar surface area (TPSA) is 124 Å². The Morgan fingerprint density at radius 1 is 0.946 bits per heavy atom. The van der Waals surface area contributed by atoms with Crippen LogP contribution in [-0.2, 0) is 36.7 Å². The van der Waals surface area contributed by atoms with Gasteiger partial charge in [-0.1, -0.05) is 0 Å². The third kappa shape index (κ3) is 5.90. The molecule has 0 aromatic heterocycles. The van der Waals surface area contributed by atoms with Gasteiger partial charge in [0.05, 0.1) is 26.1 Å². The normalized spacial score (nSPS) is 19.4. The molecule has 0 spiro atoms. The Hall–Kier alpha value is -3.95. The van der Waals surface area contributed by atoms with Crippen LogP contribution >= 0.6 is 0 Å². The Labute approximate surface area is 211 Å². The third-order valence-corrected chi connectivity index (χ3v) is 6.25. The first-order valence-corrected chi connectivity index (χ1v) is 11.7. The summed E-state index contributed by atoms with van der Waals surface area (Å²) in [7, 11) is 0. The van der Waals surface area contributed by atoms with Crippen LogP contribution in [-0.4, -0.2) is 47.8 Å². The number of hydrogen-bond acceptors (Lipinski definition) is 7. The molecule has 0 saturated heterocycles. The lowest BCUT2D eigenvalue weighted by molar-refractivity contribution is -0.158. The maximum absolute atomic E-state index is 13.4. The molecule has 2 aromatic carbocycles. The summed E-state index contributed by atoms with van der Waals surface area (Å²) < 4.78 is 36.0. The van der Waals surface area contributed by atoms with Gasteiger partial charge in [-0.15, -0.1) is 0 Å². The van der Waals surface area contributed by atoms with Crippen molar-refractivity contribution in [1.29, 1.82) is 0 Å². The summed E-state index contributed by atoms with van der Waals surface area (Å²) in [5.74, 6) is -4.55. The highest BCUT2D eigenvalue weighted by molar-refractivity contribution is 6.17. The Bertz CT molecular complexity index is 1250. The summed E-state index contributed by atoms with van der Waals surface area (Å²) in [5.41, 5.74) is 0.0771. The minimum atomic E-state index is -1.65. The number of carboxylic acids is 1. The molecule has 10 heteroatoms. The monoisotopic (exact) mass is 516 g/mol.